The van der Waals surface area contributed by atoms with Crippen LogP contribution in [0.2, 0.25) is 0 Å². The van der Waals surface area contributed by atoms with E-state index in [1.54, 1.807) is 10.9 Å². The van der Waals surface area contributed by atoms with Gasteiger partial charge in [0, 0.05) is 0 Å². The Morgan fingerprint density at radius 1 is 1.25 bits per heavy atom. The fraction of sp³-hybridized carbons (Fsp3) is 0.400. The third-order valence-corrected chi connectivity index (χ3v) is 4.11. The van der Waals surface area contributed by atoms with Crippen LogP contribution in [0.1, 0.15) is 19.5 Å². The van der Waals surface area contributed by atoms with Gasteiger partial charge in [0.1, 0.15) is 5.69 Å². The molecule has 0 spiro atoms. The second kappa shape index (κ2) is 7.65. The lowest BCUT2D eigenvalue weighted by Crippen LogP contribution is -2.11. The smallest absolute Gasteiger partial charge is 0.238 e. The summed E-state index contributed by atoms with van der Waals surface area (Å²) in [5.41, 5.74) is 1.95. The minimum Gasteiger partial charge on any atom is -0.394 e. The molecule has 1 heterocycles. The van der Waals surface area contributed by atoms with Gasteiger partial charge in [-0.05, 0) is 36.6 Å². The number of nitrogens with zero attached hydrogens (tertiary/aromatic N) is 4. The van der Waals surface area contributed by atoms with Crippen LogP contribution >= 0.6 is 0 Å². The molecule has 0 fully saturated rings. The van der Waals surface area contributed by atoms with E-state index in [4.69, 9.17) is 10.2 Å². The summed E-state index contributed by atoms with van der Waals surface area (Å²) < 4.78 is 24.1. The first-order valence-electron chi connectivity index (χ1n) is 7.51. The second-order valence-corrected chi connectivity index (χ2v) is 7.35. The van der Waals surface area contributed by atoms with Crippen molar-refractivity contribution >= 4 is 21.4 Å². The topological polar surface area (TPSA) is 123 Å². The highest BCUT2D eigenvalue weighted by molar-refractivity contribution is 7.89. The number of aliphatic hydroxyl groups excluding tert-OH is 1. The number of hydrogen-bond acceptors (Lipinski definition) is 6. The average Bonchev–Trinajstić information content (AvgIpc) is 2.86. The maximum atomic E-state index is 11.2. The molecule has 9 heteroatoms. The highest BCUT2D eigenvalue weighted by atomic mass is 32.2. The molecule has 0 atom stereocenters. The molecule has 24 heavy (non-hydrogen) atoms. The van der Waals surface area contributed by atoms with Crippen LogP contribution in [0.3, 0.4) is 0 Å². The Bertz CT molecular complexity index is 810. The SMILES string of the molecule is CC(C)Cc1nn(CCO)cc1N=Nc1ccc(S(N)(=O)=O)cc1. The van der Waals surface area contributed by atoms with Crippen molar-refractivity contribution in [2.45, 2.75) is 31.7 Å². The summed E-state index contributed by atoms with van der Waals surface area (Å²) in [5.74, 6) is 0.408. The highest BCUT2D eigenvalue weighted by Crippen LogP contribution is 2.24. The number of aliphatic hydroxyl groups is 1. The minimum absolute atomic E-state index is 0.00555. The predicted molar refractivity (Wildman–Crippen MR) is 89.8 cm³/mol. The Morgan fingerprint density at radius 3 is 2.46 bits per heavy atom. The molecular weight excluding hydrogens is 330 g/mol. The lowest BCUT2D eigenvalue weighted by atomic mass is 10.1. The third-order valence-electron chi connectivity index (χ3n) is 3.19. The largest absolute Gasteiger partial charge is 0.394 e. The van der Waals surface area contributed by atoms with Gasteiger partial charge in [-0.2, -0.15) is 10.2 Å². The molecule has 2 rings (SSSR count). The molecular formula is C15H21N5O3S. The zero-order valence-electron chi connectivity index (χ0n) is 13.6. The number of azo groups is 1. The molecule has 0 saturated heterocycles. The summed E-state index contributed by atoms with van der Waals surface area (Å²) >= 11 is 0. The summed E-state index contributed by atoms with van der Waals surface area (Å²) in [6, 6.07) is 5.83. The maximum absolute atomic E-state index is 11.2. The molecule has 8 nitrogen and oxygen atoms in total. The van der Waals surface area contributed by atoms with Crippen LogP contribution < -0.4 is 5.14 Å². The fourth-order valence-electron chi connectivity index (χ4n) is 2.10. The normalized spacial score (nSPS) is 12.4. The fourth-order valence-corrected chi connectivity index (χ4v) is 2.61. The van der Waals surface area contributed by atoms with Gasteiger partial charge in [0.15, 0.2) is 0 Å². The summed E-state index contributed by atoms with van der Waals surface area (Å²) in [7, 11) is -3.72. The Hall–Kier alpha value is -2.10. The Labute approximate surface area is 141 Å². The molecule has 1 aromatic heterocycles. The number of nitrogens with two attached hydrogens (primary N) is 1. The zero-order chi connectivity index (χ0) is 17.7. The van der Waals surface area contributed by atoms with Gasteiger partial charge in [0.05, 0.1) is 35.6 Å². The molecule has 0 aliphatic carbocycles. The first-order chi connectivity index (χ1) is 11.3. The van der Waals surface area contributed by atoms with E-state index in [9.17, 15) is 8.42 Å². The molecule has 0 aliphatic heterocycles. The average molecular weight is 351 g/mol. The minimum atomic E-state index is -3.72. The quantitative estimate of drug-likeness (QED) is 0.742. The van der Waals surface area contributed by atoms with Crippen LogP contribution in [0.25, 0.3) is 0 Å². The molecule has 0 unspecified atom stereocenters. The first kappa shape index (κ1) is 18.2. The van der Waals surface area contributed by atoms with Crippen LogP contribution in [0.15, 0.2) is 45.6 Å². The monoisotopic (exact) mass is 351 g/mol. The number of sulfonamides is 1. The van der Waals surface area contributed by atoms with E-state index in [2.05, 4.69) is 29.2 Å². The van der Waals surface area contributed by atoms with Crippen molar-refractivity contribution in [3.05, 3.63) is 36.2 Å². The van der Waals surface area contributed by atoms with E-state index in [0.717, 1.165) is 12.1 Å². The molecule has 0 aliphatic rings. The lowest BCUT2D eigenvalue weighted by Gasteiger charge is -2.01. The molecule has 3 N–H and O–H groups in total. The lowest BCUT2D eigenvalue weighted by molar-refractivity contribution is 0.269. The van der Waals surface area contributed by atoms with Crippen LogP contribution in [0.5, 0.6) is 0 Å². The van der Waals surface area contributed by atoms with E-state index < -0.39 is 10.0 Å². The number of hydrogen-bond donors (Lipinski definition) is 2. The second-order valence-electron chi connectivity index (χ2n) is 5.78. The zero-order valence-corrected chi connectivity index (χ0v) is 14.4. The molecule has 0 bridgehead atoms. The van der Waals surface area contributed by atoms with Crippen molar-refractivity contribution in [2.24, 2.45) is 21.3 Å². The summed E-state index contributed by atoms with van der Waals surface area (Å²) in [6.45, 7) is 4.55. The summed E-state index contributed by atoms with van der Waals surface area (Å²) in [5, 5.41) is 26.8. The van der Waals surface area contributed by atoms with Gasteiger partial charge < -0.3 is 5.11 Å². The van der Waals surface area contributed by atoms with Crippen LogP contribution in [0.4, 0.5) is 11.4 Å². The van der Waals surface area contributed by atoms with Crippen molar-refractivity contribution < 1.29 is 13.5 Å². The number of aromatic nitrogens is 2. The van der Waals surface area contributed by atoms with Crippen molar-refractivity contribution in [1.82, 2.24) is 9.78 Å². The summed E-state index contributed by atoms with van der Waals surface area (Å²) in [4.78, 5) is 0.0257. The van der Waals surface area contributed by atoms with E-state index in [1.807, 2.05) is 0 Å². The van der Waals surface area contributed by atoms with Crippen LogP contribution in [-0.2, 0) is 23.0 Å². The van der Waals surface area contributed by atoms with Crippen molar-refractivity contribution in [3.63, 3.8) is 0 Å². The van der Waals surface area contributed by atoms with E-state index in [0.29, 0.717) is 23.8 Å². The van der Waals surface area contributed by atoms with Crippen molar-refractivity contribution in [3.8, 4) is 0 Å². The van der Waals surface area contributed by atoms with Gasteiger partial charge in [-0.15, -0.1) is 5.11 Å². The van der Waals surface area contributed by atoms with Gasteiger partial charge in [-0.3, -0.25) is 4.68 Å². The molecule has 0 saturated carbocycles. The maximum Gasteiger partial charge on any atom is 0.238 e. The van der Waals surface area contributed by atoms with E-state index in [1.165, 1.54) is 24.3 Å². The van der Waals surface area contributed by atoms with Gasteiger partial charge in [-0.1, -0.05) is 13.8 Å². The van der Waals surface area contributed by atoms with Crippen LogP contribution in [0, 0.1) is 5.92 Å². The Kier molecular flexibility index (Phi) is 5.81. The van der Waals surface area contributed by atoms with Gasteiger partial charge >= 0.3 is 0 Å². The summed E-state index contributed by atoms with van der Waals surface area (Å²) in [6.07, 6.45) is 2.48. The molecule has 2 aromatic rings. The van der Waals surface area contributed by atoms with Gasteiger partial charge in [0.25, 0.3) is 0 Å². The van der Waals surface area contributed by atoms with Gasteiger partial charge in [-0.25, -0.2) is 13.6 Å². The molecule has 0 amide bonds. The molecule has 0 radical (unpaired) electrons. The van der Waals surface area contributed by atoms with Crippen molar-refractivity contribution in [2.75, 3.05) is 6.61 Å². The number of rotatable bonds is 7. The van der Waals surface area contributed by atoms with E-state index in [-0.39, 0.29) is 11.5 Å². The van der Waals surface area contributed by atoms with Crippen LogP contribution in [-0.4, -0.2) is 29.9 Å². The molecule has 1 aromatic carbocycles. The molecule has 130 valence electrons. The Balaban J connectivity index is 2.24. The van der Waals surface area contributed by atoms with Crippen molar-refractivity contribution in [1.29, 1.82) is 0 Å². The number of benzene rings is 1. The highest BCUT2D eigenvalue weighted by Gasteiger charge is 2.11. The first-order valence-corrected chi connectivity index (χ1v) is 9.06. The third kappa shape index (κ3) is 4.95. The standard InChI is InChI=1S/C15H21N5O3S/c1-11(2)9-14-15(10-20(19-14)7-8-21)18-17-12-3-5-13(6-4-12)24(16,22)23/h3-6,10-11,21H,7-9H2,1-2H3,(H2,16,22,23). The Morgan fingerprint density at radius 2 is 1.92 bits per heavy atom. The predicted octanol–water partition coefficient (Wildman–Crippen LogP) is 2.14. The van der Waals surface area contributed by atoms with Gasteiger partial charge in [0.2, 0.25) is 10.0 Å². The van der Waals surface area contributed by atoms with E-state index >= 15 is 0 Å². The number of primary sulfonamides is 1.